The van der Waals surface area contributed by atoms with Crippen LogP contribution in [0.25, 0.3) is 0 Å². The van der Waals surface area contributed by atoms with Gasteiger partial charge in [-0.15, -0.1) is 0 Å². The molecule has 0 aliphatic rings. The van der Waals surface area contributed by atoms with E-state index in [1.807, 2.05) is 27.7 Å². The highest BCUT2D eigenvalue weighted by Gasteiger charge is 2.27. The van der Waals surface area contributed by atoms with Gasteiger partial charge in [0.05, 0.1) is 12.6 Å². The van der Waals surface area contributed by atoms with Crippen LogP contribution >= 0.6 is 0 Å². The van der Waals surface area contributed by atoms with E-state index in [0.29, 0.717) is 18.7 Å². The summed E-state index contributed by atoms with van der Waals surface area (Å²) in [5.41, 5.74) is -0.189. The van der Waals surface area contributed by atoms with Gasteiger partial charge in [-0.1, -0.05) is 27.7 Å². The Kier molecular flexibility index (Phi) is 5.52. The lowest BCUT2D eigenvalue weighted by Crippen LogP contribution is -2.39. The van der Waals surface area contributed by atoms with E-state index >= 15 is 0 Å². The lowest BCUT2D eigenvalue weighted by atomic mass is 9.87. The monoisotopic (exact) mass is 317 g/mol. The van der Waals surface area contributed by atoms with E-state index in [9.17, 15) is 13.2 Å². The number of imidazole rings is 1. The van der Waals surface area contributed by atoms with Crippen LogP contribution in [0.4, 0.5) is 0 Å². The van der Waals surface area contributed by atoms with Crippen molar-refractivity contribution in [2.45, 2.75) is 58.0 Å². The number of nitrogens with one attached hydrogen (secondary N) is 2. The largest absolute Gasteiger partial charge is 0.481 e. The predicted molar refractivity (Wildman–Crippen MR) is 78.4 cm³/mol. The second-order valence-corrected chi connectivity index (χ2v) is 7.91. The lowest BCUT2D eigenvalue weighted by molar-refractivity contribution is -0.137. The van der Waals surface area contributed by atoms with Crippen molar-refractivity contribution in [1.82, 2.24) is 14.7 Å². The highest BCUT2D eigenvalue weighted by atomic mass is 32.2. The normalized spacial score (nSPS) is 14.1. The van der Waals surface area contributed by atoms with Crippen LogP contribution in [0.5, 0.6) is 0 Å². The standard InChI is InChI=1S/C13H23N3O4S/c1-5-10-14-8-11(15-10)21(19,20)16-9(6-12(17)18)7-13(2,3)4/h8-9,16H,5-7H2,1-4H3,(H,14,15)(H,17,18). The summed E-state index contributed by atoms with van der Waals surface area (Å²) in [6.07, 6.45) is 2.00. The van der Waals surface area contributed by atoms with Crippen LogP contribution in [0.3, 0.4) is 0 Å². The number of rotatable bonds is 7. The van der Waals surface area contributed by atoms with Crippen LogP contribution < -0.4 is 4.72 Å². The summed E-state index contributed by atoms with van der Waals surface area (Å²) in [7, 11) is -3.80. The number of H-pyrrole nitrogens is 1. The number of aromatic nitrogens is 2. The Morgan fingerprint density at radius 1 is 1.48 bits per heavy atom. The Balaban J connectivity index is 2.92. The second-order valence-electron chi connectivity index (χ2n) is 6.23. The average molecular weight is 317 g/mol. The van der Waals surface area contributed by atoms with Gasteiger partial charge in [0.2, 0.25) is 0 Å². The molecule has 0 amide bonds. The number of hydrogen-bond donors (Lipinski definition) is 3. The zero-order chi connectivity index (χ0) is 16.3. The van der Waals surface area contributed by atoms with E-state index in [0.717, 1.165) is 0 Å². The van der Waals surface area contributed by atoms with E-state index in [2.05, 4.69) is 14.7 Å². The molecular weight excluding hydrogens is 294 g/mol. The van der Waals surface area contributed by atoms with Gasteiger partial charge in [0.1, 0.15) is 5.82 Å². The third kappa shape index (κ3) is 5.84. The molecule has 0 saturated carbocycles. The van der Waals surface area contributed by atoms with Gasteiger partial charge in [-0.05, 0) is 11.8 Å². The molecule has 0 saturated heterocycles. The van der Waals surface area contributed by atoms with Crippen LogP contribution in [0.15, 0.2) is 11.2 Å². The fourth-order valence-corrected chi connectivity index (χ4v) is 3.22. The van der Waals surface area contributed by atoms with Gasteiger partial charge >= 0.3 is 5.97 Å². The summed E-state index contributed by atoms with van der Waals surface area (Å²) >= 11 is 0. The SMILES string of the molecule is CCc1ncc(S(=O)(=O)NC(CC(=O)O)CC(C)(C)C)[nH]1. The topological polar surface area (TPSA) is 112 Å². The molecule has 120 valence electrons. The molecule has 0 aliphatic heterocycles. The number of carboxylic acids is 1. The molecule has 0 aromatic carbocycles. The molecule has 1 rings (SSSR count). The molecule has 0 aliphatic carbocycles. The fourth-order valence-electron chi connectivity index (χ4n) is 2.05. The number of aliphatic carboxylic acids is 1. The van der Waals surface area contributed by atoms with Gasteiger partial charge in [-0.2, -0.15) is 0 Å². The van der Waals surface area contributed by atoms with Crippen LogP contribution in [-0.2, 0) is 21.2 Å². The van der Waals surface area contributed by atoms with Crippen molar-refractivity contribution in [1.29, 1.82) is 0 Å². The summed E-state index contributed by atoms with van der Waals surface area (Å²) < 4.78 is 27.0. The van der Waals surface area contributed by atoms with Crippen molar-refractivity contribution in [3.05, 3.63) is 12.0 Å². The molecule has 0 spiro atoms. The number of aryl methyl sites for hydroxylation is 1. The molecule has 1 unspecified atom stereocenters. The summed E-state index contributed by atoms with van der Waals surface area (Å²) in [6.45, 7) is 7.65. The Hall–Kier alpha value is -1.41. The van der Waals surface area contributed by atoms with Crippen LogP contribution in [0.1, 0.15) is 46.4 Å². The van der Waals surface area contributed by atoms with Crippen molar-refractivity contribution < 1.29 is 18.3 Å². The first-order chi connectivity index (χ1) is 9.53. The van der Waals surface area contributed by atoms with Crippen LogP contribution in [0, 0.1) is 5.41 Å². The molecule has 21 heavy (non-hydrogen) atoms. The zero-order valence-corrected chi connectivity index (χ0v) is 13.6. The van der Waals surface area contributed by atoms with Crippen molar-refractivity contribution >= 4 is 16.0 Å². The highest BCUT2D eigenvalue weighted by molar-refractivity contribution is 7.89. The van der Waals surface area contributed by atoms with E-state index < -0.39 is 22.0 Å². The van der Waals surface area contributed by atoms with Gasteiger partial charge in [0.25, 0.3) is 10.0 Å². The third-order valence-corrected chi connectivity index (χ3v) is 4.26. The first kappa shape index (κ1) is 17.6. The number of carboxylic acid groups (broad SMARTS) is 1. The van der Waals surface area contributed by atoms with E-state index in [-0.39, 0.29) is 16.9 Å². The molecule has 3 N–H and O–H groups in total. The molecule has 0 radical (unpaired) electrons. The Morgan fingerprint density at radius 2 is 2.10 bits per heavy atom. The van der Waals surface area contributed by atoms with Gasteiger partial charge in [0, 0.05) is 12.5 Å². The molecule has 0 fully saturated rings. The summed E-state index contributed by atoms with van der Waals surface area (Å²) in [5, 5.41) is 8.90. The average Bonchev–Trinajstić information content (AvgIpc) is 2.73. The Morgan fingerprint density at radius 3 is 2.52 bits per heavy atom. The number of nitrogens with zero attached hydrogens (tertiary/aromatic N) is 1. The lowest BCUT2D eigenvalue weighted by Gasteiger charge is -2.25. The molecule has 8 heteroatoms. The number of carbonyl (C=O) groups is 1. The maximum Gasteiger partial charge on any atom is 0.304 e. The molecule has 1 heterocycles. The second kappa shape index (κ2) is 6.57. The molecule has 1 aromatic rings. The number of hydrogen-bond acceptors (Lipinski definition) is 4. The first-order valence-corrected chi connectivity index (χ1v) is 8.30. The van der Waals surface area contributed by atoms with E-state index in [4.69, 9.17) is 5.11 Å². The fraction of sp³-hybridized carbons (Fsp3) is 0.692. The molecular formula is C13H23N3O4S. The van der Waals surface area contributed by atoms with Crippen molar-refractivity contribution in [2.75, 3.05) is 0 Å². The Bertz CT molecular complexity index is 587. The van der Waals surface area contributed by atoms with Crippen molar-refractivity contribution in [3.63, 3.8) is 0 Å². The molecule has 0 bridgehead atoms. The van der Waals surface area contributed by atoms with Crippen LogP contribution in [0.2, 0.25) is 0 Å². The van der Waals surface area contributed by atoms with Gasteiger partial charge in [0.15, 0.2) is 5.03 Å². The number of sulfonamides is 1. The predicted octanol–water partition coefficient (Wildman–Crippen LogP) is 1.53. The van der Waals surface area contributed by atoms with Gasteiger partial charge in [-0.25, -0.2) is 18.1 Å². The summed E-state index contributed by atoms with van der Waals surface area (Å²) in [5.74, 6) is -0.466. The smallest absolute Gasteiger partial charge is 0.304 e. The van der Waals surface area contributed by atoms with Crippen molar-refractivity contribution in [3.8, 4) is 0 Å². The quantitative estimate of drug-likeness (QED) is 0.706. The van der Waals surface area contributed by atoms with Gasteiger partial charge in [-0.3, -0.25) is 4.79 Å². The zero-order valence-electron chi connectivity index (χ0n) is 12.8. The minimum absolute atomic E-state index is 0.0383. The summed E-state index contributed by atoms with van der Waals surface area (Å²) in [4.78, 5) is 17.6. The molecule has 7 nitrogen and oxygen atoms in total. The van der Waals surface area contributed by atoms with E-state index in [1.54, 1.807) is 0 Å². The first-order valence-electron chi connectivity index (χ1n) is 6.81. The minimum atomic E-state index is -3.80. The highest BCUT2D eigenvalue weighted by Crippen LogP contribution is 2.23. The molecule has 1 atom stereocenters. The van der Waals surface area contributed by atoms with Crippen LogP contribution in [-0.4, -0.2) is 35.5 Å². The summed E-state index contributed by atoms with van der Waals surface area (Å²) in [6, 6.07) is -0.666. The third-order valence-electron chi connectivity index (χ3n) is 2.83. The van der Waals surface area contributed by atoms with Gasteiger partial charge < -0.3 is 10.1 Å². The Labute approximate surface area is 125 Å². The molecule has 1 aromatic heterocycles. The van der Waals surface area contributed by atoms with Crippen molar-refractivity contribution in [2.24, 2.45) is 5.41 Å². The minimum Gasteiger partial charge on any atom is -0.481 e. The maximum atomic E-state index is 12.3. The maximum absolute atomic E-state index is 12.3. The number of aromatic amines is 1. The van der Waals surface area contributed by atoms with E-state index in [1.165, 1.54) is 6.20 Å².